The summed E-state index contributed by atoms with van der Waals surface area (Å²) >= 11 is 0. The van der Waals surface area contributed by atoms with E-state index in [1.54, 1.807) is 16.9 Å². The number of carbonyl (C=O) groups excluding carboxylic acids is 1. The second-order valence-electron chi connectivity index (χ2n) is 6.38. The Bertz CT molecular complexity index is 953. The number of aromatic nitrogens is 2. The van der Waals surface area contributed by atoms with E-state index in [0.29, 0.717) is 23.6 Å². The monoisotopic (exact) mass is 351 g/mol. The predicted octanol–water partition coefficient (Wildman–Crippen LogP) is 3.51. The average Bonchev–Trinajstić information content (AvgIpc) is 3.02. The Morgan fingerprint density at radius 2 is 2.08 bits per heavy atom. The molecule has 6 heteroatoms. The van der Waals surface area contributed by atoms with Gasteiger partial charge in [-0.3, -0.25) is 4.79 Å². The summed E-state index contributed by atoms with van der Waals surface area (Å²) in [5.74, 6) is 0.391. The second-order valence-corrected chi connectivity index (χ2v) is 6.38. The van der Waals surface area contributed by atoms with Gasteiger partial charge < -0.3 is 10.1 Å². The molecule has 0 spiro atoms. The van der Waals surface area contributed by atoms with Crippen molar-refractivity contribution in [3.8, 4) is 11.4 Å². The summed E-state index contributed by atoms with van der Waals surface area (Å²) in [4.78, 5) is 12.8. The number of amides is 1. The van der Waals surface area contributed by atoms with Crippen LogP contribution in [0.1, 0.15) is 11.1 Å². The molecule has 26 heavy (non-hydrogen) atoms. The van der Waals surface area contributed by atoms with Gasteiger partial charge in [0.1, 0.15) is 24.0 Å². The molecule has 132 valence electrons. The van der Waals surface area contributed by atoms with Crippen LogP contribution < -0.4 is 10.1 Å². The number of fused-ring (bicyclic) bond motifs is 1. The molecule has 2 heterocycles. The molecular formula is C20H18FN3O2. The highest BCUT2D eigenvalue weighted by Crippen LogP contribution is 2.29. The minimum Gasteiger partial charge on any atom is -0.492 e. The summed E-state index contributed by atoms with van der Waals surface area (Å²) in [5.41, 5.74) is 2.44. The molecule has 1 aliphatic heterocycles. The number of benzene rings is 2. The van der Waals surface area contributed by atoms with E-state index in [1.165, 1.54) is 12.1 Å². The largest absolute Gasteiger partial charge is 0.492 e. The van der Waals surface area contributed by atoms with Gasteiger partial charge in [0.05, 0.1) is 17.8 Å². The standard InChI is InChI=1S/C20H18FN3O2/c1-13-11-22-24(17-5-3-2-4-6-17)19(13)23-20(25)15-9-14-10-16(21)7-8-18(14)26-12-15/h2-8,10-11,15H,9,12H2,1H3,(H,23,25)/t15-/m0/s1. The lowest BCUT2D eigenvalue weighted by molar-refractivity contribution is -0.121. The van der Waals surface area contributed by atoms with E-state index in [-0.39, 0.29) is 24.2 Å². The number of nitrogens with zero attached hydrogens (tertiary/aromatic N) is 2. The van der Waals surface area contributed by atoms with Crippen LogP contribution in [0.2, 0.25) is 0 Å². The number of hydrogen-bond donors (Lipinski definition) is 1. The Labute approximate surface area is 150 Å². The van der Waals surface area contributed by atoms with Crippen molar-refractivity contribution in [1.82, 2.24) is 9.78 Å². The van der Waals surface area contributed by atoms with Gasteiger partial charge in [0.15, 0.2) is 0 Å². The minimum absolute atomic E-state index is 0.166. The summed E-state index contributed by atoms with van der Waals surface area (Å²) in [6.07, 6.45) is 2.15. The van der Waals surface area contributed by atoms with Crippen molar-refractivity contribution in [3.63, 3.8) is 0 Å². The van der Waals surface area contributed by atoms with Crippen molar-refractivity contribution < 1.29 is 13.9 Å². The van der Waals surface area contributed by atoms with Crippen LogP contribution in [0.15, 0.2) is 54.7 Å². The second kappa shape index (κ2) is 6.63. The molecule has 1 amide bonds. The number of rotatable bonds is 3. The molecule has 0 aliphatic carbocycles. The fourth-order valence-corrected chi connectivity index (χ4v) is 3.10. The van der Waals surface area contributed by atoms with Gasteiger partial charge in [-0.2, -0.15) is 5.10 Å². The molecule has 0 saturated carbocycles. The molecule has 0 saturated heterocycles. The number of halogens is 1. The molecule has 1 aromatic heterocycles. The summed E-state index contributed by atoms with van der Waals surface area (Å²) in [6, 6.07) is 14.0. The van der Waals surface area contributed by atoms with Crippen LogP contribution in [-0.4, -0.2) is 22.3 Å². The zero-order valence-corrected chi connectivity index (χ0v) is 14.3. The first-order chi connectivity index (χ1) is 12.6. The first kappa shape index (κ1) is 16.3. The lowest BCUT2D eigenvalue weighted by Crippen LogP contribution is -2.33. The summed E-state index contributed by atoms with van der Waals surface area (Å²) < 4.78 is 20.8. The highest BCUT2D eigenvalue weighted by Gasteiger charge is 2.27. The van der Waals surface area contributed by atoms with Gasteiger partial charge in [0, 0.05) is 5.56 Å². The quantitative estimate of drug-likeness (QED) is 0.786. The fourth-order valence-electron chi connectivity index (χ4n) is 3.10. The van der Waals surface area contributed by atoms with E-state index < -0.39 is 0 Å². The van der Waals surface area contributed by atoms with E-state index >= 15 is 0 Å². The maximum atomic E-state index is 13.5. The lowest BCUT2D eigenvalue weighted by atomic mass is 9.96. The number of nitrogens with one attached hydrogen (secondary N) is 1. The van der Waals surface area contributed by atoms with Crippen molar-refractivity contribution >= 4 is 11.7 Å². The van der Waals surface area contributed by atoms with Gasteiger partial charge in [0.25, 0.3) is 0 Å². The Hall–Kier alpha value is -3.15. The van der Waals surface area contributed by atoms with Crippen molar-refractivity contribution in [3.05, 3.63) is 71.7 Å². The third-order valence-electron chi connectivity index (χ3n) is 4.49. The van der Waals surface area contributed by atoms with Crippen LogP contribution in [-0.2, 0) is 11.2 Å². The molecule has 3 aromatic rings. The number of ether oxygens (including phenoxy) is 1. The van der Waals surface area contributed by atoms with Gasteiger partial charge >= 0.3 is 0 Å². The average molecular weight is 351 g/mol. The Kier molecular flexibility index (Phi) is 4.16. The molecule has 0 unspecified atom stereocenters. The molecule has 1 N–H and O–H groups in total. The highest BCUT2D eigenvalue weighted by molar-refractivity contribution is 5.93. The first-order valence-corrected chi connectivity index (χ1v) is 8.44. The number of anilines is 1. The SMILES string of the molecule is Cc1cnn(-c2ccccc2)c1NC(=O)[C@@H]1COc2ccc(F)cc2C1. The summed E-state index contributed by atoms with van der Waals surface area (Å²) in [7, 11) is 0. The number of hydrogen-bond acceptors (Lipinski definition) is 3. The summed E-state index contributed by atoms with van der Waals surface area (Å²) in [6.45, 7) is 2.16. The summed E-state index contributed by atoms with van der Waals surface area (Å²) in [5, 5.41) is 7.31. The van der Waals surface area contributed by atoms with Crippen LogP contribution in [0.25, 0.3) is 5.69 Å². The molecule has 4 rings (SSSR count). The van der Waals surface area contributed by atoms with Crippen LogP contribution in [0, 0.1) is 18.7 Å². The predicted molar refractivity (Wildman–Crippen MR) is 96.0 cm³/mol. The molecule has 2 aromatic carbocycles. The van der Waals surface area contributed by atoms with Crippen LogP contribution in [0.5, 0.6) is 5.75 Å². The lowest BCUT2D eigenvalue weighted by Gasteiger charge is -2.24. The van der Waals surface area contributed by atoms with E-state index in [1.807, 2.05) is 37.3 Å². The molecule has 0 bridgehead atoms. The Morgan fingerprint density at radius 1 is 1.27 bits per heavy atom. The van der Waals surface area contributed by atoms with E-state index in [2.05, 4.69) is 10.4 Å². The number of para-hydroxylation sites is 1. The van der Waals surface area contributed by atoms with Crippen LogP contribution >= 0.6 is 0 Å². The zero-order chi connectivity index (χ0) is 18.1. The van der Waals surface area contributed by atoms with Crippen LogP contribution in [0.4, 0.5) is 10.2 Å². The molecule has 0 radical (unpaired) electrons. The van der Waals surface area contributed by atoms with Gasteiger partial charge in [-0.1, -0.05) is 18.2 Å². The molecule has 0 fully saturated rings. The van der Waals surface area contributed by atoms with Gasteiger partial charge in [-0.25, -0.2) is 9.07 Å². The highest BCUT2D eigenvalue weighted by atomic mass is 19.1. The van der Waals surface area contributed by atoms with Gasteiger partial charge in [0.2, 0.25) is 5.91 Å². The van der Waals surface area contributed by atoms with Crippen molar-refractivity contribution in [2.45, 2.75) is 13.3 Å². The molecule has 5 nitrogen and oxygen atoms in total. The molecular weight excluding hydrogens is 333 g/mol. The number of aryl methyl sites for hydroxylation is 1. The maximum Gasteiger partial charge on any atom is 0.232 e. The topological polar surface area (TPSA) is 56.2 Å². The molecule has 1 aliphatic rings. The Morgan fingerprint density at radius 3 is 2.88 bits per heavy atom. The van der Waals surface area contributed by atoms with Crippen LogP contribution in [0.3, 0.4) is 0 Å². The molecule has 1 atom stereocenters. The van der Waals surface area contributed by atoms with E-state index in [4.69, 9.17) is 4.74 Å². The zero-order valence-electron chi connectivity index (χ0n) is 14.3. The number of carbonyl (C=O) groups is 1. The third-order valence-corrected chi connectivity index (χ3v) is 4.49. The van der Waals surface area contributed by atoms with Gasteiger partial charge in [-0.15, -0.1) is 0 Å². The van der Waals surface area contributed by atoms with Gasteiger partial charge in [-0.05, 0) is 49.2 Å². The third kappa shape index (κ3) is 3.06. The fraction of sp³-hybridized carbons (Fsp3) is 0.200. The minimum atomic E-state index is -0.386. The normalized spacial score (nSPS) is 15.8. The van der Waals surface area contributed by atoms with Crippen molar-refractivity contribution in [2.75, 3.05) is 11.9 Å². The first-order valence-electron chi connectivity index (χ1n) is 8.44. The van der Waals surface area contributed by atoms with Crippen molar-refractivity contribution in [1.29, 1.82) is 0 Å². The smallest absolute Gasteiger partial charge is 0.232 e. The van der Waals surface area contributed by atoms with Crippen molar-refractivity contribution in [2.24, 2.45) is 5.92 Å². The Balaban J connectivity index is 1.55. The van der Waals surface area contributed by atoms with E-state index in [0.717, 1.165) is 11.3 Å². The maximum absolute atomic E-state index is 13.5. The van der Waals surface area contributed by atoms with E-state index in [9.17, 15) is 9.18 Å².